The first-order chi connectivity index (χ1) is 12.5. The first kappa shape index (κ1) is 16.2. The zero-order chi connectivity index (χ0) is 18.3. The smallest absolute Gasteiger partial charge is 0.261 e. The summed E-state index contributed by atoms with van der Waals surface area (Å²) in [6, 6.07) is 6.87. The first-order valence-electron chi connectivity index (χ1n) is 8.33. The Hall–Kier alpha value is -3.29. The zero-order valence-electron chi connectivity index (χ0n) is 14.5. The van der Waals surface area contributed by atoms with Gasteiger partial charge in [0.05, 0.1) is 22.4 Å². The lowest BCUT2D eigenvalue weighted by Gasteiger charge is -2.12. The topological polar surface area (TPSA) is 94.1 Å². The molecule has 0 bridgehead atoms. The Balaban J connectivity index is 1.40. The van der Waals surface area contributed by atoms with E-state index in [2.05, 4.69) is 15.3 Å². The highest BCUT2D eigenvalue weighted by molar-refractivity contribution is 6.21. The number of carbonyl (C=O) groups is 2. The van der Waals surface area contributed by atoms with E-state index in [9.17, 15) is 9.59 Å². The average Bonchev–Trinajstić information content (AvgIpc) is 3.29. The van der Waals surface area contributed by atoms with E-state index in [0.717, 1.165) is 11.3 Å². The minimum absolute atomic E-state index is 0.247. The van der Waals surface area contributed by atoms with Gasteiger partial charge in [-0.1, -0.05) is 12.1 Å². The Morgan fingerprint density at radius 3 is 2.35 bits per heavy atom. The van der Waals surface area contributed by atoms with Crippen molar-refractivity contribution in [2.45, 2.75) is 19.8 Å². The second-order valence-corrected chi connectivity index (χ2v) is 6.21. The number of aromatic nitrogens is 4. The zero-order valence-corrected chi connectivity index (χ0v) is 14.5. The van der Waals surface area contributed by atoms with E-state index in [0.29, 0.717) is 42.3 Å². The van der Waals surface area contributed by atoms with Gasteiger partial charge >= 0.3 is 0 Å². The number of carbonyl (C=O) groups excluding carboxylic acids is 2. The van der Waals surface area contributed by atoms with Crippen LogP contribution in [0.5, 0.6) is 0 Å². The van der Waals surface area contributed by atoms with E-state index in [1.54, 1.807) is 28.9 Å². The number of hydrogen-bond donors (Lipinski definition) is 0. The second kappa shape index (κ2) is 6.21. The fourth-order valence-electron chi connectivity index (χ4n) is 3.10. The van der Waals surface area contributed by atoms with Crippen molar-refractivity contribution < 1.29 is 14.0 Å². The van der Waals surface area contributed by atoms with Crippen molar-refractivity contribution in [2.24, 2.45) is 7.05 Å². The maximum absolute atomic E-state index is 12.3. The predicted octanol–water partition coefficient (Wildman–Crippen LogP) is 2.01. The summed E-state index contributed by atoms with van der Waals surface area (Å²) >= 11 is 0. The number of imide groups is 1. The van der Waals surface area contributed by atoms with Gasteiger partial charge in [0.2, 0.25) is 5.89 Å². The molecule has 3 heterocycles. The highest BCUT2D eigenvalue weighted by Gasteiger charge is 2.34. The van der Waals surface area contributed by atoms with E-state index in [1.165, 1.54) is 4.90 Å². The van der Waals surface area contributed by atoms with Crippen molar-refractivity contribution in [2.75, 3.05) is 6.54 Å². The van der Waals surface area contributed by atoms with Crippen LogP contribution in [0, 0.1) is 6.92 Å². The first-order valence-corrected chi connectivity index (χ1v) is 8.33. The van der Waals surface area contributed by atoms with Gasteiger partial charge in [-0.25, -0.2) is 0 Å². The molecule has 0 atom stereocenters. The van der Waals surface area contributed by atoms with E-state index < -0.39 is 0 Å². The molecule has 0 radical (unpaired) electrons. The van der Waals surface area contributed by atoms with Crippen molar-refractivity contribution in [1.82, 2.24) is 24.9 Å². The van der Waals surface area contributed by atoms with E-state index >= 15 is 0 Å². The summed E-state index contributed by atoms with van der Waals surface area (Å²) in [5, 5.41) is 12.4. The molecule has 0 spiro atoms. The molecule has 0 unspecified atom stereocenters. The van der Waals surface area contributed by atoms with E-state index in [1.807, 2.05) is 20.2 Å². The normalized spacial score (nSPS) is 13.5. The molecule has 2 aromatic heterocycles. The van der Waals surface area contributed by atoms with Crippen LogP contribution < -0.4 is 0 Å². The number of aryl methyl sites for hydroxylation is 3. The van der Waals surface area contributed by atoms with Gasteiger partial charge in [0, 0.05) is 26.2 Å². The number of hydrogen-bond acceptors (Lipinski definition) is 6. The third kappa shape index (κ3) is 2.69. The van der Waals surface area contributed by atoms with E-state index in [-0.39, 0.29) is 11.8 Å². The molecule has 132 valence electrons. The van der Waals surface area contributed by atoms with Crippen LogP contribution in [-0.4, -0.2) is 43.2 Å². The molecule has 1 aromatic carbocycles. The summed E-state index contributed by atoms with van der Waals surface area (Å²) in [5.74, 6) is 0.400. The van der Waals surface area contributed by atoms with Crippen molar-refractivity contribution in [3.8, 4) is 11.5 Å². The largest absolute Gasteiger partial charge is 0.421 e. The minimum Gasteiger partial charge on any atom is -0.421 e. The Bertz CT molecular complexity index is 969. The number of fused-ring (bicyclic) bond motifs is 1. The summed E-state index contributed by atoms with van der Waals surface area (Å²) in [5.41, 5.74) is 2.54. The molecule has 0 N–H and O–H groups in total. The predicted molar refractivity (Wildman–Crippen MR) is 91.4 cm³/mol. The van der Waals surface area contributed by atoms with Crippen LogP contribution in [0.25, 0.3) is 11.5 Å². The minimum atomic E-state index is -0.247. The number of nitrogens with zero attached hydrogens (tertiary/aromatic N) is 5. The SMILES string of the molecule is Cc1nn(C)cc1-c1nnc(CCCN2C(=O)c3ccccc3C2=O)o1. The fraction of sp³-hybridized carbons (Fsp3) is 0.278. The number of benzene rings is 1. The van der Waals surface area contributed by atoms with Crippen LogP contribution >= 0.6 is 0 Å². The summed E-state index contributed by atoms with van der Waals surface area (Å²) in [6.07, 6.45) is 2.87. The highest BCUT2D eigenvalue weighted by atomic mass is 16.4. The van der Waals surface area contributed by atoms with Gasteiger partial charge in [0.1, 0.15) is 0 Å². The lowest BCUT2D eigenvalue weighted by atomic mass is 10.1. The summed E-state index contributed by atoms with van der Waals surface area (Å²) in [7, 11) is 1.83. The van der Waals surface area contributed by atoms with Crippen LogP contribution in [0.3, 0.4) is 0 Å². The van der Waals surface area contributed by atoms with E-state index in [4.69, 9.17) is 4.42 Å². The summed E-state index contributed by atoms with van der Waals surface area (Å²) < 4.78 is 7.37. The second-order valence-electron chi connectivity index (χ2n) is 6.21. The number of amides is 2. The molecule has 0 fully saturated rings. The molecular formula is C18H17N5O3. The van der Waals surface area contributed by atoms with Gasteiger partial charge in [0.15, 0.2) is 0 Å². The van der Waals surface area contributed by atoms with Gasteiger partial charge in [-0.2, -0.15) is 5.10 Å². The molecule has 3 aromatic rings. The molecule has 0 saturated carbocycles. The highest BCUT2D eigenvalue weighted by Crippen LogP contribution is 2.24. The van der Waals surface area contributed by atoms with Crippen molar-refractivity contribution in [1.29, 1.82) is 0 Å². The Kier molecular flexibility index (Phi) is 3.87. The van der Waals surface area contributed by atoms with Crippen LogP contribution in [0.4, 0.5) is 0 Å². The Morgan fingerprint density at radius 2 is 1.73 bits per heavy atom. The van der Waals surface area contributed by atoms with Crippen molar-refractivity contribution >= 4 is 11.8 Å². The molecule has 0 saturated heterocycles. The summed E-state index contributed by atoms with van der Waals surface area (Å²) in [4.78, 5) is 25.9. The third-order valence-electron chi connectivity index (χ3n) is 4.36. The molecule has 1 aliphatic heterocycles. The maximum atomic E-state index is 12.3. The van der Waals surface area contributed by atoms with Crippen LogP contribution in [-0.2, 0) is 13.5 Å². The van der Waals surface area contributed by atoms with Crippen LogP contribution in [0.1, 0.15) is 38.7 Å². The molecule has 0 aliphatic carbocycles. The number of rotatable bonds is 5. The Morgan fingerprint density at radius 1 is 1.04 bits per heavy atom. The molecule has 2 amide bonds. The quantitative estimate of drug-likeness (QED) is 0.653. The van der Waals surface area contributed by atoms with Gasteiger partial charge in [-0.3, -0.25) is 19.2 Å². The molecule has 4 rings (SSSR count). The molecule has 26 heavy (non-hydrogen) atoms. The van der Waals surface area contributed by atoms with Gasteiger partial charge in [-0.15, -0.1) is 10.2 Å². The van der Waals surface area contributed by atoms with Gasteiger partial charge in [0.25, 0.3) is 17.7 Å². The Labute approximate surface area is 149 Å². The summed E-state index contributed by atoms with van der Waals surface area (Å²) in [6.45, 7) is 2.19. The average molecular weight is 351 g/mol. The third-order valence-corrected chi connectivity index (χ3v) is 4.36. The fourth-order valence-corrected chi connectivity index (χ4v) is 3.10. The molecule has 8 nitrogen and oxygen atoms in total. The lowest BCUT2D eigenvalue weighted by Crippen LogP contribution is -2.30. The monoisotopic (exact) mass is 351 g/mol. The van der Waals surface area contributed by atoms with Crippen molar-refractivity contribution in [3.05, 3.63) is 53.2 Å². The van der Waals surface area contributed by atoms with Gasteiger partial charge in [-0.05, 0) is 25.5 Å². The molecule has 1 aliphatic rings. The molecule has 8 heteroatoms. The van der Waals surface area contributed by atoms with Crippen molar-refractivity contribution in [3.63, 3.8) is 0 Å². The lowest BCUT2D eigenvalue weighted by molar-refractivity contribution is 0.0651. The molecular weight excluding hydrogens is 334 g/mol. The standard InChI is InChI=1S/C18H17N5O3/c1-11-14(10-22(2)21-11)16-20-19-15(26-16)8-5-9-23-17(24)12-6-3-4-7-13(12)18(23)25/h3-4,6-7,10H,5,8-9H2,1-2H3. The maximum Gasteiger partial charge on any atom is 0.261 e. The van der Waals surface area contributed by atoms with Crippen LogP contribution in [0.2, 0.25) is 0 Å². The van der Waals surface area contributed by atoms with Crippen LogP contribution in [0.15, 0.2) is 34.9 Å². The van der Waals surface area contributed by atoms with Gasteiger partial charge < -0.3 is 4.42 Å².